The molecule has 0 amide bonds. The summed E-state index contributed by atoms with van der Waals surface area (Å²) in [7, 11) is 3.08. The number of ketones is 1. The summed E-state index contributed by atoms with van der Waals surface area (Å²) in [6.07, 6.45) is 1.64. The zero-order valence-corrected chi connectivity index (χ0v) is 13.5. The van der Waals surface area contributed by atoms with Crippen molar-refractivity contribution in [3.05, 3.63) is 71.5 Å². The number of rotatable bonds is 6. The lowest BCUT2D eigenvalue weighted by molar-refractivity contribution is 0.103. The topological polar surface area (TPSA) is 66.2 Å². The fourth-order valence-corrected chi connectivity index (χ4v) is 2.38. The molecule has 0 atom stereocenters. The van der Waals surface area contributed by atoms with Crippen molar-refractivity contribution in [2.24, 2.45) is 0 Å². The van der Waals surface area contributed by atoms with Gasteiger partial charge >= 0.3 is 0 Å². The second-order valence-corrected chi connectivity index (χ2v) is 5.19. The lowest BCUT2D eigenvalue weighted by Gasteiger charge is -2.08. The molecule has 0 saturated heterocycles. The molecular formula is C18H17N3O3. The average Bonchev–Trinajstić information content (AvgIpc) is 3.09. The van der Waals surface area contributed by atoms with Crippen molar-refractivity contribution in [3.8, 4) is 11.5 Å². The highest BCUT2D eigenvalue weighted by Crippen LogP contribution is 2.28. The monoisotopic (exact) mass is 323 g/mol. The Balaban J connectivity index is 1.81. The first kappa shape index (κ1) is 15.7. The van der Waals surface area contributed by atoms with Gasteiger partial charge in [-0.1, -0.05) is 35.5 Å². The van der Waals surface area contributed by atoms with Crippen LogP contribution in [-0.4, -0.2) is 35.0 Å². The zero-order chi connectivity index (χ0) is 16.9. The minimum atomic E-state index is -0.213. The average molecular weight is 323 g/mol. The van der Waals surface area contributed by atoms with Crippen LogP contribution in [-0.2, 0) is 6.54 Å². The molecule has 0 N–H and O–H groups in total. The summed E-state index contributed by atoms with van der Waals surface area (Å²) >= 11 is 0. The fourth-order valence-electron chi connectivity index (χ4n) is 2.38. The Morgan fingerprint density at radius 3 is 2.50 bits per heavy atom. The third-order valence-electron chi connectivity index (χ3n) is 3.60. The number of hydrogen-bond donors (Lipinski definition) is 0. The summed E-state index contributed by atoms with van der Waals surface area (Å²) in [4.78, 5) is 12.6. The summed E-state index contributed by atoms with van der Waals surface area (Å²) in [6.45, 7) is 0.563. The van der Waals surface area contributed by atoms with E-state index in [9.17, 15) is 4.79 Å². The maximum Gasteiger partial charge on any atom is 0.215 e. The SMILES string of the molecule is COc1ccc(C(=O)c2cn(Cc3ccccc3)nn2)cc1OC. The predicted molar refractivity (Wildman–Crippen MR) is 88.5 cm³/mol. The molecule has 0 saturated carbocycles. The number of benzene rings is 2. The van der Waals surface area contributed by atoms with Crippen LogP contribution in [0.3, 0.4) is 0 Å². The minimum absolute atomic E-state index is 0.213. The molecule has 2 aromatic carbocycles. The molecule has 3 aromatic rings. The van der Waals surface area contributed by atoms with E-state index in [1.54, 1.807) is 36.2 Å². The Labute approximate surface area is 139 Å². The van der Waals surface area contributed by atoms with Crippen LogP contribution < -0.4 is 9.47 Å². The minimum Gasteiger partial charge on any atom is -0.493 e. The van der Waals surface area contributed by atoms with E-state index in [1.165, 1.54) is 7.11 Å². The number of methoxy groups -OCH3 is 2. The number of aromatic nitrogens is 3. The van der Waals surface area contributed by atoms with Crippen molar-refractivity contribution in [1.82, 2.24) is 15.0 Å². The highest BCUT2D eigenvalue weighted by Gasteiger charge is 2.16. The van der Waals surface area contributed by atoms with E-state index in [0.29, 0.717) is 23.6 Å². The van der Waals surface area contributed by atoms with Crippen molar-refractivity contribution in [1.29, 1.82) is 0 Å². The van der Waals surface area contributed by atoms with E-state index in [0.717, 1.165) is 5.56 Å². The molecule has 3 rings (SSSR count). The number of carbonyl (C=O) groups excluding carboxylic acids is 1. The highest BCUT2D eigenvalue weighted by molar-refractivity contribution is 6.07. The van der Waals surface area contributed by atoms with Crippen LogP contribution in [0.5, 0.6) is 11.5 Å². The van der Waals surface area contributed by atoms with Crippen molar-refractivity contribution in [3.63, 3.8) is 0 Å². The van der Waals surface area contributed by atoms with Crippen LogP contribution in [0.15, 0.2) is 54.7 Å². The quantitative estimate of drug-likeness (QED) is 0.652. The molecule has 0 unspecified atom stereocenters. The Kier molecular flexibility index (Phi) is 4.56. The van der Waals surface area contributed by atoms with Gasteiger partial charge in [0, 0.05) is 5.56 Å². The summed E-state index contributed by atoms with van der Waals surface area (Å²) in [5.74, 6) is 0.858. The molecule has 0 aliphatic heterocycles. The number of hydrogen-bond acceptors (Lipinski definition) is 5. The van der Waals surface area contributed by atoms with E-state index in [-0.39, 0.29) is 11.5 Å². The van der Waals surface area contributed by atoms with Crippen LogP contribution in [0.4, 0.5) is 0 Å². The largest absolute Gasteiger partial charge is 0.493 e. The predicted octanol–water partition coefficient (Wildman–Crippen LogP) is 2.57. The molecule has 0 bridgehead atoms. The molecule has 0 aliphatic carbocycles. The first-order chi connectivity index (χ1) is 11.7. The van der Waals surface area contributed by atoms with Gasteiger partial charge in [0.2, 0.25) is 5.78 Å². The van der Waals surface area contributed by atoms with Gasteiger partial charge in [-0.3, -0.25) is 4.79 Å². The van der Waals surface area contributed by atoms with E-state index in [2.05, 4.69) is 10.3 Å². The van der Waals surface area contributed by atoms with Crippen LogP contribution in [0.2, 0.25) is 0 Å². The van der Waals surface area contributed by atoms with Crippen molar-refractivity contribution in [2.45, 2.75) is 6.54 Å². The molecule has 0 spiro atoms. The lowest BCUT2D eigenvalue weighted by atomic mass is 10.1. The molecule has 6 nitrogen and oxygen atoms in total. The third-order valence-corrected chi connectivity index (χ3v) is 3.60. The van der Waals surface area contributed by atoms with Gasteiger partial charge in [-0.15, -0.1) is 5.10 Å². The normalized spacial score (nSPS) is 10.4. The Bertz CT molecular complexity index is 844. The van der Waals surface area contributed by atoms with Gasteiger partial charge in [-0.05, 0) is 23.8 Å². The number of ether oxygens (including phenoxy) is 2. The summed E-state index contributed by atoms with van der Waals surface area (Å²) < 4.78 is 12.0. The van der Waals surface area contributed by atoms with Gasteiger partial charge in [0.15, 0.2) is 17.2 Å². The van der Waals surface area contributed by atoms with Gasteiger partial charge < -0.3 is 9.47 Å². The van der Waals surface area contributed by atoms with Crippen molar-refractivity contribution < 1.29 is 14.3 Å². The van der Waals surface area contributed by atoms with Gasteiger partial charge in [0.1, 0.15) is 0 Å². The smallest absolute Gasteiger partial charge is 0.215 e. The number of carbonyl (C=O) groups is 1. The van der Waals surface area contributed by atoms with E-state index >= 15 is 0 Å². The molecule has 1 aromatic heterocycles. The number of nitrogens with zero attached hydrogens (tertiary/aromatic N) is 3. The zero-order valence-electron chi connectivity index (χ0n) is 13.5. The first-order valence-electron chi connectivity index (χ1n) is 7.42. The van der Waals surface area contributed by atoms with Crippen LogP contribution in [0.1, 0.15) is 21.6 Å². The lowest BCUT2D eigenvalue weighted by Crippen LogP contribution is -2.03. The van der Waals surface area contributed by atoms with Gasteiger partial charge in [0.05, 0.1) is 27.0 Å². The second-order valence-electron chi connectivity index (χ2n) is 5.19. The maximum atomic E-state index is 12.6. The van der Waals surface area contributed by atoms with E-state index < -0.39 is 0 Å². The maximum absolute atomic E-state index is 12.6. The highest BCUT2D eigenvalue weighted by atomic mass is 16.5. The van der Waals surface area contributed by atoms with Gasteiger partial charge in [-0.25, -0.2) is 4.68 Å². The third kappa shape index (κ3) is 3.27. The van der Waals surface area contributed by atoms with Crippen molar-refractivity contribution >= 4 is 5.78 Å². The molecule has 0 radical (unpaired) electrons. The Hall–Kier alpha value is -3.15. The Morgan fingerprint density at radius 2 is 1.79 bits per heavy atom. The second kappa shape index (κ2) is 6.95. The fraction of sp³-hybridized carbons (Fsp3) is 0.167. The molecule has 0 aliphatic rings. The first-order valence-corrected chi connectivity index (χ1v) is 7.42. The molecule has 122 valence electrons. The Morgan fingerprint density at radius 1 is 1.04 bits per heavy atom. The van der Waals surface area contributed by atoms with Crippen molar-refractivity contribution in [2.75, 3.05) is 14.2 Å². The van der Waals surface area contributed by atoms with E-state index in [1.807, 2.05) is 30.3 Å². The summed E-state index contributed by atoms with van der Waals surface area (Å²) in [6, 6.07) is 14.9. The van der Waals surface area contributed by atoms with Crippen LogP contribution in [0.25, 0.3) is 0 Å². The van der Waals surface area contributed by atoms with E-state index in [4.69, 9.17) is 9.47 Å². The van der Waals surface area contributed by atoms with Crippen LogP contribution >= 0.6 is 0 Å². The van der Waals surface area contributed by atoms with Gasteiger partial charge in [0.25, 0.3) is 0 Å². The molecule has 1 heterocycles. The molecule has 0 fully saturated rings. The summed E-state index contributed by atoms with van der Waals surface area (Å²) in [5, 5.41) is 8.00. The molecular weight excluding hydrogens is 306 g/mol. The molecule has 24 heavy (non-hydrogen) atoms. The molecule has 6 heteroatoms. The van der Waals surface area contributed by atoms with Crippen LogP contribution in [0, 0.1) is 0 Å². The standard InChI is InChI=1S/C18H17N3O3/c1-23-16-9-8-14(10-17(16)24-2)18(22)15-12-21(20-19-15)11-13-6-4-3-5-7-13/h3-10,12H,11H2,1-2H3. The summed E-state index contributed by atoms with van der Waals surface area (Å²) in [5.41, 5.74) is 1.85. The van der Waals surface area contributed by atoms with Gasteiger partial charge in [-0.2, -0.15) is 0 Å².